The molecular weight excluding hydrogens is 662 g/mol. The lowest BCUT2D eigenvalue weighted by Crippen LogP contribution is -2.59. The molecule has 0 bridgehead atoms. The highest BCUT2D eigenvalue weighted by molar-refractivity contribution is 5.98. The van der Waals surface area contributed by atoms with E-state index in [0.717, 1.165) is 6.92 Å². The Morgan fingerprint density at radius 2 is 1.35 bits per heavy atom. The Balaban J connectivity index is 1.83. The molecule has 0 spiro atoms. The van der Waals surface area contributed by atoms with Crippen molar-refractivity contribution in [3.63, 3.8) is 0 Å². The second-order valence-corrected chi connectivity index (χ2v) is 12.2. The predicted molar refractivity (Wildman–Crippen MR) is 198 cm³/mol. The van der Waals surface area contributed by atoms with E-state index >= 15 is 0 Å². The number of aryl methyl sites for hydroxylation is 1. The first kappa shape index (κ1) is 19.3. The first-order valence-electron chi connectivity index (χ1n) is 27.7. The summed E-state index contributed by atoms with van der Waals surface area (Å²) in [7, 11) is 0. The van der Waals surface area contributed by atoms with Crippen LogP contribution >= 0.6 is 0 Å². The summed E-state index contributed by atoms with van der Waals surface area (Å²) in [6.07, 6.45) is -4.52. The van der Waals surface area contributed by atoms with Gasteiger partial charge in [-0.15, -0.1) is 0 Å². The maximum atomic E-state index is 14.7. The third-order valence-electron chi connectivity index (χ3n) is 7.90. The maximum Gasteiger partial charge on any atom is 0.243 e. The second kappa shape index (κ2) is 19.6. The summed E-state index contributed by atoms with van der Waals surface area (Å²) >= 11 is 0. The first-order valence-corrected chi connectivity index (χ1v) is 16.2. The van der Waals surface area contributed by atoms with Crippen molar-refractivity contribution in [2.45, 2.75) is 96.2 Å². The van der Waals surface area contributed by atoms with Crippen molar-refractivity contribution in [2.24, 2.45) is 11.8 Å². The van der Waals surface area contributed by atoms with Gasteiger partial charge in [0.05, 0.1) is 39.1 Å². The number of carbonyl (C=O) groups is 5. The van der Waals surface area contributed by atoms with Crippen LogP contribution in [-0.4, -0.2) is 103 Å². The summed E-state index contributed by atoms with van der Waals surface area (Å²) in [6.45, 7) is -30.1. The van der Waals surface area contributed by atoms with Crippen molar-refractivity contribution in [1.82, 2.24) is 26.2 Å². The lowest BCUT2D eigenvalue weighted by Gasteiger charge is -2.29. The molecule has 5 atom stereocenters. The molecule has 2 saturated heterocycles. The van der Waals surface area contributed by atoms with Crippen LogP contribution in [0.3, 0.4) is 0 Å². The maximum absolute atomic E-state index is 14.7. The number of ether oxygens (including phenoxy) is 2. The molecule has 2 aromatic carbocycles. The topological polar surface area (TPSA) is 158 Å². The molecule has 284 valence electrons. The highest BCUT2D eigenvalue weighted by Crippen LogP contribution is 2.29. The molecule has 0 saturated carbocycles. The number of nitrogens with one attached hydrogen (secondary N) is 4. The molecule has 2 aromatic rings. The van der Waals surface area contributed by atoms with Gasteiger partial charge in [-0.3, -0.25) is 28.9 Å². The van der Waals surface area contributed by atoms with Gasteiger partial charge >= 0.3 is 0 Å². The average Bonchev–Trinajstić information content (AvgIpc) is 4.01. The van der Waals surface area contributed by atoms with Gasteiger partial charge in [-0.25, -0.2) is 0 Å². The Morgan fingerprint density at radius 1 is 0.788 bits per heavy atom. The Kier molecular flexibility index (Phi) is 7.28. The van der Waals surface area contributed by atoms with Crippen molar-refractivity contribution in [2.75, 3.05) is 39.3 Å². The zero-order valence-electron chi connectivity index (χ0n) is 51.3. The summed E-state index contributed by atoms with van der Waals surface area (Å²) in [5, 5.41) is 8.45. The number of morpholine rings is 1. The number of carbonyl (C=O) groups excluding carboxylic acids is 5. The molecule has 2 aliphatic rings. The number of rotatable bonds is 20. The van der Waals surface area contributed by atoms with Crippen LogP contribution in [0.4, 0.5) is 0 Å². The van der Waals surface area contributed by atoms with Crippen molar-refractivity contribution in [3.8, 4) is 0 Å². The summed E-state index contributed by atoms with van der Waals surface area (Å²) in [5.41, 5.74) is -1.18. The van der Waals surface area contributed by atoms with Crippen molar-refractivity contribution < 1.29 is 65.0 Å². The molecular formula is C40H57N5O7. The quantitative estimate of drug-likeness (QED) is 0.151. The Morgan fingerprint density at radius 3 is 1.96 bits per heavy atom. The molecule has 12 heteroatoms. The smallest absolute Gasteiger partial charge is 0.243 e. The Hall–Kier alpha value is -4.13. The van der Waals surface area contributed by atoms with Gasteiger partial charge < -0.3 is 30.7 Å². The third-order valence-corrected chi connectivity index (χ3v) is 7.90. The average molecular weight is 743 g/mol. The van der Waals surface area contributed by atoms with Gasteiger partial charge in [0, 0.05) is 44.1 Å². The van der Waals surface area contributed by atoms with E-state index in [9.17, 15) is 25.3 Å². The Labute approximate surface area is 340 Å². The van der Waals surface area contributed by atoms with E-state index in [2.05, 4.69) is 20.7 Å². The molecule has 0 unspecified atom stereocenters. The van der Waals surface area contributed by atoms with Crippen molar-refractivity contribution in [1.29, 1.82) is 0 Å². The van der Waals surface area contributed by atoms with E-state index in [1.54, 1.807) is 30.3 Å². The van der Waals surface area contributed by atoms with E-state index in [0.29, 0.717) is 5.56 Å². The van der Waals surface area contributed by atoms with Gasteiger partial charge in [-0.05, 0) is 55.5 Å². The lowest BCUT2D eigenvalue weighted by atomic mass is 9.93. The second-order valence-electron chi connectivity index (χ2n) is 12.2. The van der Waals surface area contributed by atoms with Crippen LogP contribution in [0, 0.1) is 11.8 Å². The normalized spacial score (nSPS) is 32.0. The van der Waals surface area contributed by atoms with Gasteiger partial charge in [0.2, 0.25) is 23.6 Å². The number of benzene rings is 2. The van der Waals surface area contributed by atoms with E-state index in [1.807, 2.05) is 5.32 Å². The van der Waals surface area contributed by atoms with Gasteiger partial charge in [0.15, 0.2) is 5.78 Å². The molecule has 2 fully saturated rings. The lowest BCUT2D eigenvalue weighted by molar-refractivity contribution is -0.135. The number of amides is 4. The summed E-state index contributed by atoms with van der Waals surface area (Å²) < 4.78 is 197. The molecule has 2 heterocycles. The molecule has 0 aromatic heterocycles. The van der Waals surface area contributed by atoms with Crippen LogP contribution in [0.5, 0.6) is 0 Å². The summed E-state index contributed by atoms with van der Waals surface area (Å²) in [6, 6.07) is 5.43. The van der Waals surface area contributed by atoms with E-state index in [4.69, 9.17) is 34.9 Å². The van der Waals surface area contributed by atoms with Gasteiger partial charge in [-0.2, -0.15) is 0 Å². The molecule has 4 rings (SSSR count). The van der Waals surface area contributed by atoms with E-state index in [-0.39, 0.29) is 23.5 Å². The SMILES string of the molecule is [2H]C([2H])([2H])C([2H])(C[C@H](NC(=O)[C@H](CCc1ccccc1)NC(=O)CN1C([2H])([2H])C([2H])([2H])OC([2H])([2H])C1([2H])[2H])C(=O)N[C@@H](Cc1ccccc1)C(=O)N[C@]([2H])(CC([2H])(C([2H])([2H])[2H])C([2H])([2H])[2H])C(=O)[C@@]1(C)CO1)C([2H])([2H])[2H]. The van der Waals surface area contributed by atoms with Crippen LogP contribution < -0.4 is 21.3 Å². The minimum atomic E-state index is -3.78. The minimum absolute atomic E-state index is 0.104. The minimum Gasteiger partial charge on any atom is -0.379 e. The molecule has 2 aliphatic heterocycles. The zero-order valence-corrected chi connectivity index (χ0v) is 28.3. The number of hydrogen-bond donors (Lipinski definition) is 4. The predicted octanol–water partition coefficient (Wildman–Crippen LogP) is 2.58. The fourth-order valence-corrected chi connectivity index (χ4v) is 5.07. The van der Waals surface area contributed by atoms with Crippen molar-refractivity contribution in [3.05, 3.63) is 71.8 Å². The van der Waals surface area contributed by atoms with Gasteiger partial charge in [-0.1, -0.05) is 88.1 Å². The molecule has 4 N–H and O–H groups in total. The van der Waals surface area contributed by atoms with Crippen LogP contribution in [0.25, 0.3) is 0 Å². The highest BCUT2D eigenvalue weighted by atomic mass is 16.6. The molecule has 52 heavy (non-hydrogen) atoms. The highest BCUT2D eigenvalue weighted by Gasteiger charge is 2.50. The Bertz CT molecular complexity index is 2350. The van der Waals surface area contributed by atoms with Crippen LogP contribution in [0.2, 0.25) is 0 Å². The number of ketones is 1. The van der Waals surface area contributed by atoms with Gasteiger partial charge in [0.1, 0.15) is 23.7 Å². The number of hydrogen-bond acceptors (Lipinski definition) is 8. The zero-order chi connectivity index (χ0) is 57.6. The monoisotopic (exact) mass is 743 g/mol. The molecule has 12 nitrogen and oxygen atoms in total. The van der Waals surface area contributed by atoms with Gasteiger partial charge in [0.25, 0.3) is 0 Å². The van der Waals surface area contributed by atoms with E-state index in [1.165, 1.54) is 30.3 Å². The third kappa shape index (κ3) is 13.1. The molecule has 0 radical (unpaired) electrons. The summed E-state index contributed by atoms with van der Waals surface area (Å²) in [5.74, 6) is -14.7. The molecule has 0 aliphatic carbocycles. The standard InChI is InChI=1S/C40H57N5O7/c1-27(2)22-32(36(47)40(5)26-52-40)42-39(50)34(24-30-14-10-7-11-15-30)44-38(49)33(23-28(3)4)43-37(48)31(17-16-29-12-8-6-9-13-29)41-35(46)25-45-18-20-51-21-19-45/h6-15,27-28,31-34H,16-26H2,1-5H3,(H,41,46)(H,42,50)(H,43,48)(H,44,49)/t31-,32+,33-,34-,40+/m0/s1/i1D3,2D3,3D3,4D3,18D2,19D2,20D2,21D2,27D,28D,32D. The van der Waals surface area contributed by atoms with E-state index < -0.39 is 157 Å². The number of Topliss-reactive ketones (excluding diaryl/α,β-unsaturated/α-hetero) is 1. The van der Waals surface area contributed by atoms with Crippen LogP contribution in [0.15, 0.2) is 60.7 Å². The van der Waals surface area contributed by atoms with Crippen LogP contribution in [-0.2, 0) is 46.3 Å². The number of nitrogens with zero attached hydrogens (tertiary/aromatic N) is 1. The number of epoxide rings is 1. The first-order chi connectivity index (χ1) is 33.7. The summed E-state index contributed by atoms with van der Waals surface area (Å²) in [4.78, 5) is 71.3. The fraction of sp³-hybridized carbons (Fsp3) is 0.575. The largest absolute Gasteiger partial charge is 0.379 e. The van der Waals surface area contributed by atoms with Crippen LogP contribution in [0.1, 0.15) is 96.2 Å². The fourth-order valence-electron chi connectivity index (χ4n) is 5.07. The molecule has 4 amide bonds. The van der Waals surface area contributed by atoms with Crippen molar-refractivity contribution >= 4 is 29.4 Å².